The van der Waals surface area contributed by atoms with Gasteiger partial charge in [0.05, 0.1) is 9.37 Å². The molecule has 0 aliphatic carbocycles. The van der Waals surface area contributed by atoms with Crippen LogP contribution in [0.25, 0.3) is 0 Å². The number of rotatable bonds is 2. The number of halogens is 2. The molecule has 106 valence electrons. The van der Waals surface area contributed by atoms with Crippen LogP contribution in [0.3, 0.4) is 0 Å². The summed E-state index contributed by atoms with van der Waals surface area (Å²) >= 11 is 2.79. The summed E-state index contributed by atoms with van der Waals surface area (Å²) < 4.78 is 36.0. The zero-order valence-electron chi connectivity index (χ0n) is 10.6. The number of nitrogens with one attached hydrogen (secondary N) is 1. The van der Waals surface area contributed by atoms with E-state index in [1.54, 1.807) is 20.8 Å². The second-order valence-corrected chi connectivity index (χ2v) is 7.34. The zero-order chi connectivity index (χ0) is 15.0. The van der Waals surface area contributed by atoms with E-state index in [4.69, 9.17) is 5.14 Å². The van der Waals surface area contributed by atoms with Crippen molar-refractivity contribution in [2.45, 2.75) is 31.2 Å². The van der Waals surface area contributed by atoms with Gasteiger partial charge in [0.1, 0.15) is 5.82 Å². The van der Waals surface area contributed by atoms with Gasteiger partial charge >= 0.3 is 0 Å². The summed E-state index contributed by atoms with van der Waals surface area (Å²) in [4.78, 5) is 11.4. The molecule has 0 radical (unpaired) electrons. The van der Waals surface area contributed by atoms with Gasteiger partial charge in [-0.3, -0.25) is 4.79 Å². The fourth-order valence-corrected chi connectivity index (χ4v) is 2.86. The molecule has 0 spiro atoms. The van der Waals surface area contributed by atoms with E-state index < -0.39 is 32.2 Å². The summed E-state index contributed by atoms with van der Waals surface area (Å²) in [5.74, 6) is -1.45. The van der Waals surface area contributed by atoms with Crippen LogP contribution in [-0.4, -0.2) is 19.9 Å². The number of carbonyl (C=O) groups excluding carboxylic acids is 1. The van der Waals surface area contributed by atoms with Gasteiger partial charge in [-0.05, 0) is 48.8 Å². The van der Waals surface area contributed by atoms with Crippen molar-refractivity contribution in [3.63, 3.8) is 0 Å². The smallest absolute Gasteiger partial charge is 0.251 e. The molecule has 0 fully saturated rings. The third-order valence-corrected chi connectivity index (χ3v) is 4.06. The molecule has 0 bridgehead atoms. The van der Waals surface area contributed by atoms with Gasteiger partial charge in [-0.25, -0.2) is 17.9 Å². The van der Waals surface area contributed by atoms with Gasteiger partial charge in [0.25, 0.3) is 5.91 Å². The number of sulfonamides is 1. The Balaban J connectivity index is 3.33. The lowest BCUT2D eigenvalue weighted by molar-refractivity contribution is 0.0919. The van der Waals surface area contributed by atoms with Gasteiger partial charge in [-0.15, -0.1) is 0 Å². The van der Waals surface area contributed by atoms with Crippen molar-refractivity contribution < 1.29 is 17.6 Å². The highest BCUT2D eigenvalue weighted by atomic mass is 79.9. The number of hydrogen-bond acceptors (Lipinski definition) is 3. The van der Waals surface area contributed by atoms with E-state index in [-0.39, 0.29) is 10.0 Å². The molecule has 8 heteroatoms. The summed E-state index contributed by atoms with van der Waals surface area (Å²) in [5.41, 5.74) is -0.637. The van der Waals surface area contributed by atoms with E-state index in [0.717, 1.165) is 12.1 Å². The normalized spacial score (nSPS) is 12.3. The molecule has 1 aromatic carbocycles. The van der Waals surface area contributed by atoms with Crippen molar-refractivity contribution in [3.8, 4) is 0 Å². The lowest BCUT2D eigenvalue weighted by Crippen LogP contribution is -2.40. The summed E-state index contributed by atoms with van der Waals surface area (Å²) in [6, 6.07) is 1.98. The second-order valence-electron chi connectivity index (χ2n) is 5.02. The molecule has 0 aliphatic rings. The summed E-state index contributed by atoms with van der Waals surface area (Å²) in [7, 11) is -4.12. The number of amides is 1. The van der Waals surface area contributed by atoms with Crippen LogP contribution >= 0.6 is 15.9 Å². The quantitative estimate of drug-likeness (QED) is 0.849. The number of nitrogens with two attached hydrogens (primary N) is 1. The van der Waals surface area contributed by atoms with Crippen LogP contribution in [0.4, 0.5) is 4.39 Å². The highest BCUT2D eigenvalue weighted by molar-refractivity contribution is 9.10. The number of carbonyl (C=O) groups is 1. The molecule has 1 aromatic rings. The van der Waals surface area contributed by atoms with E-state index in [1.807, 2.05) is 0 Å². The third kappa shape index (κ3) is 4.26. The Morgan fingerprint density at radius 2 is 1.89 bits per heavy atom. The highest BCUT2D eigenvalue weighted by Crippen LogP contribution is 2.26. The van der Waals surface area contributed by atoms with Crippen LogP contribution in [0, 0.1) is 5.82 Å². The van der Waals surface area contributed by atoms with E-state index in [1.165, 1.54) is 0 Å². The predicted molar refractivity (Wildman–Crippen MR) is 72.7 cm³/mol. The first-order chi connectivity index (χ1) is 8.42. The average molecular weight is 353 g/mol. The van der Waals surface area contributed by atoms with E-state index in [2.05, 4.69) is 21.2 Å². The molecule has 0 heterocycles. The molecule has 0 saturated carbocycles. The molecular weight excluding hydrogens is 339 g/mol. The number of benzene rings is 1. The van der Waals surface area contributed by atoms with Crippen molar-refractivity contribution in [1.82, 2.24) is 5.32 Å². The fourth-order valence-electron chi connectivity index (χ4n) is 1.31. The average Bonchev–Trinajstić information content (AvgIpc) is 2.17. The second kappa shape index (κ2) is 5.18. The molecule has 5 nitrogen and oxygen atoms in total. The van der Waals surface area contributed by atoms with Crippen LogP contribution < -0.4 is 10.5 Å². The summed E-state index contributed by atoms with van der Waals surface area (Å²) in [6.45, 7) is 5.25. The predicted octanol–water partition coefficient (Wildman–Crippen LogP) is 1.76. The first-order valence-electron chi connectivity index (χ1n) is 5.26. The SMILES string of the molecule is CC(C)(C)NC(=O)c1cc(F)c(Br)c(S(N)(=O)=O)c1. The standard InChI is InChI=1S/C11H14BrFN2O3S/c1-11(2,3)15-10(16)6-4-7(13)9(12)8(5-6)19(14,17)18/h4-5H,1-3H3,(H,15,16)(H2,14,17,18). The summed E-state index contributed by atoms with van der Waals surface area (Å²) in [6.07, 6.45) is 0. The van der Waals surface area contributed by atoms with Gasteiger partial charge in [-0.2, -0.15) is 0 Å². The van der Waals surface area contributed by atoms with Gasteiger partial charge in [0.2, 0.25) is 10.0 Å². The van der Waals surface area contributed by atoms with Crippen LogP contribution in [0.1, 0.15) is 31.1 Å². The van der Waals surface area contributed by atoms with Crippen LogP contribution in [0.5, 0.6) is 0 Å². The topological polar surface area (TPSA) is 89.3 Å². The Morgan fingerprint density at radius 3 is 2.32 bits per heavy atom. The van der Waals surface area contributed by atoms with Crippen molar-refractivity contribution in [1.29, 1.82) is 0 Å². The Morgan fingerprint density at radius 1 is 1.37 bits per heavy atom. The van der Waals surface area contributed by atoms with E-state index in [0.29, 0.717) is 0 Å². The minimum atomic E-state index is -4.12. The first kappa shape index (κ1) is 16.1. The van der Waals surface area contributed by atoms with Crippen molar-refractivity contribution >= 4 is 31.9 Å². The van der Waals surface area contributed by atoms with E-state index in [9.17, 15) is 17.6 Å². The maximum atomic E-state index is 13.6. The maximum absolute atomic E-state index is 13.6. The first-order valence-corrected chi connectivity index (χ1v) is 7.60. The third-order valence-electron chi connectivity index (χ3n) is 2.05. The largest absolute Gasteiger partial charge is 0.347 e. The molecule has 0 saturated heterocycles. The summed E-state index contributed by atoms with van der Waals surface area (Å²) in [5, 5.41) is 7.57. The minimum absolute atomic E-state index is 0.111. The van der Waals surface area contributed by atoms with Crippen molar-refractivity contribution in [2.24, 2.45) is 5.14 Å². The fraction of sp³-hybridized carbons (Fsp3) is 0.364. The van der Waals surface area contributed by atoms with Gasteiger partial charge in [0, 0.05) is 11.1 Å². The van der Waals surface area contributed by atoms with Crippen LogP contribution in [0.2, 0.25) is 0 Å². The van der Waals surface area contributed by atoms with Crippen LogP contribution in [0.15, 0.2) is 21.5 Å². The molecule has 0 unspecified atom stereocenters. The number of hydrogen-bond donors (Lipinski definition) is 2. The molecule has 0 aliphatic heterocycles. The highest BCUT2D eigenvalue weighted by Gasteiger charge is 2.22. The lowest BCUT2D eigenvalue weighted by atomic mass is 10.1. The molecule has 3 N–H and O–H groups in total. The monoisotopic (exact) mass is 352 g/mol. The molecule has 1 amide bonds. The van der Waals surface area contributed by atoms with Gasteiger partial charge in [0.15, 0.2) is 0 Å². The molecular formula is C11H14BrFN2O3S. The maximum Gasteiger partial charge on any atom is 0.251 e. The molecule has 1 rings (SSSR count). The minimum Gasteiger partial charge on any atom is -0.347 e. The lowest BCUT2D eigenvalue weighted by Gasteiger charge is -2.20. The zero-order valence-corrected chi connectivity index (χ0v) is 13.0. The Hall–Kier alpha value is -0.990. The molecule has 0 aromatic heterocycles. The van der Waals surface area contributed by atoms with Gasteiger partial charge < -0.3 is 5.32 Å². The Kier molecular flexibility index (Phi) is 4.38. The van der Waals surface area contributed by atoms with Crippen LogP contribution in [-0.2, 0) is 10.0 Å². The van der Waals surface area contributed by atoms with Crippen molar-refractivity contribution in [2.75, 3.05) is 0 Å². The molecule has 0 atom stereocenters. The Labute approximate surface area is 119 Å². The van der Waals surface area contributed by atoms with E-state index >= 15 is 0 Å². The number of primary sulfonamides is 1. The van der Waals surface area contributed by atoms with Gasteiger partial charge in [-0.1, -0.05) is 0 Å². The Bertz CT molecular complexity index is 624. The molecule has 19 heavy (non-hydrogen) atoms. The van der Waals surface area contributed by atoms with Crippen molar-refractivity contribution in [3.05, 3.63) is 28.0 Å².